The van der Waals surface area contributed by atoms with E-state index in [1.54, 1.807) is 18.2 Å². The molecule has 1 aromatic carbocycles. The number of hydrogen-bond acceptors (Lipinski definition) is 3. The molecule has 1 aliphatic rings. The Morgan fingerprint density at radius 1 is 1.36 bits per heavy atom. The molecule has 0 saturated carbocycles. The Kier molecular flexibility index (Phi) is 5.32. The highest BCUT2D eigenvalue weighted by Gasteiger charge is 2.34. The maximum absolute atomic E-state index is 12.3. The molecule has 0 saturated heterocycles. The van der Waals surface area contributed by atoms with Gasteiger partial charge in [0, 0.05) is 5.70 Å². The van der Waals surface area contributed by atoms with Crippen LogP contribution in [-0.4, -0.2) is 18.2 Å². The third-order valence-electron chi connectivity index (χ3n) is 3.38. The second kappa shape index (κ2) is 6.86. The topological polar surface area (TPSA) is 50.4 Å². The largest absolute Gasteiger partial charge is 0.466 e. The highest BCUT2D eigenvalue weighted by atomic mass is 35.5. The predicted octanol–water partition coefficient (Wildman–Crippen LogP) is 3.60. The first-order valence-electron chi connectivity index (χ1n) is 6.70. The molecular formula is C15H16Cl2N2O2S. The van der Waals surface area contributed by atoms with Gasteiger partial charge in [0.05, 0.1) is 28.8 Å². The monoisotopic (exact) mass is 358 g/mol. The molecule has 0 spiro atoms. The zero-order valence-corrected chi connectivity index (χ0v) is 14.7. The summed E-state index contributed by atoms with van der Waals surface area (Å²) in [6.45, 7) is 3.94. The first kappa shape index (κ1) is 17.1. The minimum atomic E-state index is -0.509. The number of esters is 1. The summed E-state index contributed by atoms with van der Waals surface area (Å²) in [4.78, 5) is 12.3. The van der Waals surface area contributed by atoms with E-state index in [1.807, 2.05) is 13.8 Å². The SMILES string of the molecule is COC(=O)C1=C(C(C)C)NC(=S)N[C@@H]1c1cccc(Cl)c1Cl. The van der Waals surface area contributed by atoms with Crippen LogP contribution in [0.5, 0.6) is 0 Å². The number of methoxy groups -OCH3 is 1. The van der Waals surface area contributed by atoms with Gasteiger partial charge < -0.3 is 15.4 Å². The molecule has 22 heavy (non-hydrogen) atoms. The number of thiocarbonyl (C=S) groups is 1. The van der Waals surface area contributed by atoms with E-state index in [9.17, 15) is 4.79 Å². The van der Waals surface area contributed by atoms with E-state index >= 15 is 0 Å². The second-order valence-corrected chi connectivity index (χ2v) is 6.34. The average Bonchev–Trinajstić information content (AvgIpc) is 2.48. The molecule has 2 rings (SSSR count). The van der Waals surface area contributed by atoms with E-state index < -0.39 is 12.0 Å². The predicted molar refractivity (Wildman–Crippen MR) is 92.0 cm³/mol. The van der Waals surface area contributed by atoms with Gasteiger partial charge in [0.15, 0.2) is 5.11 Å². The average molecular weight is 359 g/mol. The number of hydrogen-bond donors (Lipinski definition) is 2. The number of carbonyl (C=O) groups is 1. The van der Waals surface area contributed by atoms with Gasteiger partial charge in [-0.15, -0.1) is 0 Å². The second-order valence-electron chi connectivity index (χ2n) is 5.15. The van der Waals surface area contributed by atoms with E-state index in [0.29, 0.717) is 26.3 Å². The van der Waals surface area contributed by atoms with Gasteiger partial charge in [0.1, 0.15) is 0 Å². The van der Waals surface area contributed by atoms with Crippen LogP contribution in [0.15, 0.2) is 29.5 Å². The molecule has 2 N–H and O–H groups in total. The first-order chi connectivity index (χ1) is 10.4. The van der Waals surface area contributed by atoms with Crippen LogP contribution in [0, 0.1) is 5.92 Å². The quantitative estimate of drug-likeness (QED) is 0.638. The molecule has 4 nitrogen and oxygen atoms in total. The number of benzene rings is 1. The highest BCUT2D eigenvalue weighted by Crippen LogP contribution is 2.36. The molecule has 1 atom stereocenters. The lowest BCUT2D eigenvalue weighted by molar-refractivity contribution is -0.136. The Bertz CT molecular complexity index is 659. The van der Waals surface area contributed by atoms with Gasteiger partial charge in [0.2, 0.25) is 0 Å². The first-order valence-corrected chi connectivity index (χ1v) is 7.87. The van der Waals surface area contributed by atoms with E-state index in [2.05, 4.69) is 10.6 Å². The molecular weight excluding hydrogens is 343 g/mol. The molecule has 0 amide bonds. The number of rotatable bonds is 3. The summed E-state index contributed by atoms with van der Waals surface area (Å²) in [6.07, 6.45) is 0. The molecule has 1 aromatic rings. The fourth-order valence-corrected chi connectivity index (χ4v) is 3.00. The van der Waals surface area contributed by atoms with Gasteiger partial charge in [0.25, 0.3) is 0 Å². The fourth-order valence-electron chi connectivity index (χ4n) is 2.35. The van der Waals surface area contributed by atoms with Crippen molar-refractivity contribution in [2.75, 3.05) is 7.11 Å². The molecule has 1 aliphatic heterocycles. The molecule has 0 fully saturated rings. The van der Waals surface area contributed by atoms with Crippen LogP contribution in [0.4, 0.5) is 0 Å². The Hall–Kier alpha value is -1.30. The standard InChI is InChI=1S/C15H16Cl2N2O2S/c1-7(2)12-10(14(20)21-3)13(19-15(22)18-12)8-5-4-6-9(16)11(8)17/h4-7,13H,1-3H3,(H2,18,19,22)/t13-/m1/s1. The lowest BCUT2D eigenvalue weighted by Crippen LogP contribution is -2.47. The van der Waals surface area contributed by atoms with E-state index in [4.69, 9.17) is 40.2 Å². The van der Waals surface area contributed by atoms with E-state index in [-0.39, 0.29) is 5.92 Å². The summed E-state index contributed by atoms with van der Waals surface area (Å²) in [6, 6.07) is 4.77. The van der Waals surface area contributed by atoms with Crippen molar-refractivity contribution in [2.45, 2.75) is 19.9 Å². The van der Waals surface area contributed by atoms with Crippen LogP contribution >= 0.6 is 35.4 Å². The fraction of sp³-hybridized carbons (Fsp3) is 0.333. The van der Waals surface area contributed by atoms with Crippen LogP contribution in [0.2, 0.25) is 10.0 Å². The molecule has 0 radical (unpaired) electrons. The van der Waals surface area contributed by atoms with Crippen molar-refractivity contribution in [2.24, 2.45) is 5.92 Å². The summed E-state index contributed by atoms with van der Waals surface area (Å²) >= 11 is 17.6. The van der Waals surface area contributed by atoms with Crippen molar-refractivity contribution in [3.63, 3.8) is 0 Å². The van der Waals surface area contributed by atoms with E-state index in [0.717, 1.165) is 5.70 Å². The van der Waals surface area contributed by atoms with Crippen molar-refractivity contribution < 1.29 is 9.53 Å². The van der Waals surface area contributed by atoms with Crippen LogP contribution in [-0.2, 0) is 9.53 Å². The number of halogens is 2. The summed E-state index contributed by atoms with van der Waals surface area (Å²) in [5.74, 6) is -0.373. The Balaban J connectivity index is 2.65. The van der Waals surface area contributed by atoms with Gasteiger partial charge in [-0.25, -0.2) is 4.79 Å². The third kappa shape index (κ3) is 3.21. The molecule has 7 heteroatoms. The number of allylic oxidation sites excluding steroid dienone is 1. The Morgan fingerprint density at radius 2 is 2.05 bits per heavy atom. The minimum absolute atomic E-state index is 0.0645. The lowest BCUT2D eigenvalue weighted by Gasteiger charge is -2.32. The lowest BCUT2D eigenvalue weighted by atomic mass is 9.91. The molecule has 118 valence electrons. The Labute approximate surface area is 144 Å². The molecule has 0 bridgehead atoms. The van der Waals surface area contributed by atoms with Crippen molar-refractivity contribution in [1.82, 2.24) is 10.6 Å². The van der Waals surface area contributed by atoms with Crippen LogP contribution in [0.25, 0.3) is 0 Å². The summed E-state index contributed by atoms with van der Waals surface area (Å²) in [5.41, 5.74) is 1.85. The minimum Gasteiger partial charge on any atom is -0.466 e. The number of nitrogens with one attached hydrogen (secondary N) is 2. The molecule has 0 aliphatic carbocycles. The molecule has 0 aromatic heterocycles. The maximum atomic E-state index is 12.3. The normalized spacial score (nSPS) is 18.1. The summed E-state index contributed by atoms with van der Waals surface area (Å²) < 4.78 is 4.93. The van der Waals surface area contributed by atoms with Gasteiger partial charge in [-0.05, 0) is 29.8 Å². The highest BCUT2D eigenvalue weighted by molar-refractivity contribution is 7.80. The van der Waals surface area contributed by atoms with Crippen LogP contribution in [0.1, 0.15) is 25.5 Å². The van der Waals surface area contributed by atoms with Crippen molar-refractivity contribution in [1.29, 1.82) is 0 Å². The van der Waals surface area contributed by atoms with Crippen LogP contribution < -0.4 is 10.6 Å². The molecule has 1 heterocycles. The smallest absolute Gasteiger partial charge is 0.337 e. The number of ether oxygens (including phenoxy) is 1. The van der Waals surface area contributed by atoms with Crippen molar-refractivity contribution >= 4 is 46.5 Å². The molecule has 0 unspecified atom stereocenters. The van der Waals surface area contributed by atoms with Gasteiger partial charge in [-0.2, -0.15) is 0 Å². The van der Waals surface area contributed by atoms with Gasteiger partial charge in [-0.3, -0.25) is 0 Å². The van der Waals surface area contributed by atoms with Crippen molar-refractivity contribution in [3.8, 4) is 0 Å². The zero-order chi connectivity index (χ0) is 16.4. The third-order valence-corrected chi connectivity index (χ3v) is 4.43. The van der Waals surface area contributed by atoms with Crippen LogP contribution in [0.3, 0.4) is 0 Å². The Morgan fingerprint density at radius 3 is 2.64 bits per heavy atom. The van der Waals surface area contributed by atoms with Gasteiger partial charge >= 0.3 is 5.97 Å². The zero-order valence-electron chi connectivity index (χ0n) is 12.4. The number of carbonyl (C=O) groups excluding carboxylic acids is 1. The summed E-state index contributed by atoms with van der Waals surface area (Å²) in [5, 5.41) is 7.34. The maximum Gasteiger partial charge on any atom is 0.337 e. The van der Waals surface area contributed by atoms with E-state index in [1.165, 1.54) is 7.11 Å². The van der Waals surface area contributed by atoms with Crippen molar-refractivity contribution in [3.05, 3.63) is 45.1 Å². The van der Waals surface area contributed by atoms with Gasteiger partial charge in [-0.1, -0.05) is 49.2 Å². The summed E-state index contributed by atoms with van der Waals surface area (Å²) in [7, 11) is 1.34.